The smallest absolute Gasteiger partial charge is 0.284 e. The second kappa shape index (κ2) is 8.07. The predicted octanol–water partition coefficient (Wildman–Crippen LogP) is 2.92. The molecule has 5 rings (SSSR count). The maximum absolute atomic E-state index is 12.7. The Balaban J connectivity index is 1.29. The summed E-state index contributed by atoms with van der Waals surface area (Å²) in [6, 6.07) is 20.8. The molecule has 2 N–H and O–H groups in total. The first kappa shape index (κ1) is 19.6. The Morgan fingerprint density at radius 2 is 1.78 bits per heavy atom. The molecule has 0 radical (unpaired) electrons. The molecule has 1 atom stereocenters. The van der Waals surface area contributed by atoms with E-state index >= 15 is 0 Å². The number of aryl methyl sites for hydroxylation is 1. The van der Waals surface area contributed by atoms with E-state index in [9.17, 15) is 9.59 Å². The van der Waals surface area contributed by atoms with Crippen molar-refractivity contribution in [3.8, 4) is 17.2 Å². The van der Waals surface area contributed by atoms with Gasteiger partial charge < -0.3 is 9.47 Å². The van der Waals surface area contributed by atoms with Gasteiger partial charge in [0.05, 0.1) is 17.5 Å². The highest BCUT2D eigenvalue weighted by Crippen LogP contribution is 2.35. The lowest BCUT2D eigenvalue weighted by atomic mass is 10.1. The van der Waals surface area contributed by atoms with Gasteiger partial charge in [-0.05, 0) is 42.0 Å². The summed E-state index contributed by atoms with van der Waals surface area (Å²) < 4.78 is 13.0. The van der Waals surface area contributed by atoms with Crippen molar-refractivity contribution in [3.63, 3.8) is 0 Å². The number of carbonyl (C=O) groups is 1. The number of aromatic amines is 1. The number of amides is 1. The highest BCUT2D eigenvalue weighted by molar-refractivity contribution is 5.88. The number of carbonyl (C=O) groups excluding carboxylic acids is 1. The number of nitrogens with zero attached hydrogens (tertiary/aromatic N) is 2. The summed E-state index contributed by atoms with van der Waals surface area (Å²) in [5, 5.41) is 8.99. The third-order valence-electron chi connectivity index (χ3n) is 5.26. The number of nitrogens with one attached hydrogen (secondary N) is 2. The third kappa shape index (κ3) is 3.62. The molecule has 0 saturated heterocycles. The molecule has 32 heavy (non-hydrogen) atoms. The van der Waals surface area contributed by atoms with Crippen LogP contribution in [0.2, 0.25) is 0 Å². The minimum absolute atomic E-state index is 0.0662. The molecule has 0 saturated carbocycles. The molecular weight excluding hydrogens is 408 g/mol. The number of ether oxygens (including phenoxy) is 2. The van der Waals surface area contributed by atoms with Crippen LogP contribution in [-0.4, -0.2) is 34.6 Å². The van der Waals surface area contributed by atoms with E-state index in [-0.39, 0.29) is 12.2 Å². The first-order valence-electron chi connectivity index (χ1n) is 10.1. The normalized spacial score (nSPS) is 15.2. The van der Waals surface area contributed by atoms with Crippen LogP contribution in [-0.2, 0) is 4.79 Å². The minimum Gasteiger partial charge on any atom is -0.485 e. The van der Waals surface area contributed by atoms with Crippen LogP contribution in [0.3, 0.4) is 0 Å². The van der Waals surface area contributed by atoms with Crippen molar-refractivity contribution >= 4 is 22.9 Å². The SMILES string of the molecule is Cc1[nH]n(-c2ccccc2)c(=O)c1/C=N/NC(=O)[C@@H]1COc2cc3ccccc3cc2O1. The zero-order valence-electron chi connectivity index (χ0n) is 17.2. The number of benzene rings is 3. The second-order valence-corrected chi connectivity index (χ2v) is 7.42. The van der Waals surface area contributed by atoms with Crippen molar-refractivity contribution in [2.24, 2.45) is 5.10 Å². The van der Waals surface area contributed by atoms with Gasteiger partial charge >= 0.3 is 0 Å². The van der Waals surface area contributed by atoms with Gasteiger partial charge in [-0.3, -0.25) is 14.7 Å². The van der Waals surface area contributed by atoms with Gasteiger partial charge in [0.25, 0.3) is 11.5 Å². The topological polar surface area (TPSA) is 97.7 Å². The van der Waals surface area contributed by atoms with Crippen LogP contribution >= 0.6 is 0 Å². The molecule has 2 heterocycles. The molecule has 1 aromatic heterocycles. The van der Waals surface area contributed by atoms with E-state index in [1.807, 2.05) is 66.7 Å². The van der Waals surface area contributed by atoms with E-state index in [2.05, 4.69) is 15.6 Å². The van der Waals surface area contributed by atoms with Crippen LogP contribution < -0.4 is 20.5 Å². The summed E-state index contributed by atoms with van der Waals surface area (Å²) in [6.45, 7) is 1.83. The molecule has 0 fully saturated rings. The molecule has 3 aromatic carbocycles. The third-order valence-corrected chi connectivity index (χ3v) is 5.26. The van der Waals surface area contributed by atoms with Crippen LogP contribution in [0.15, 0.2) is 76.6 Å². The van der Waals surface area contributed by atoms with Crippen molar-refractivity contribution in [1.82, 2.24) is 15.2 Å². The van der Waals surface area contributed by atoms with Crippen LogP contribution in [0, 0.1) is 6.92 Å². The number of aromatic nitrogens is 2. The fraction of sp³-hybridized carbons (Fsp3) is 0.125. The first-order chi connectivity index (χ1) is 15.6. The zero-order valence-corrected chi connectivity index (χ0v) is 17.2. The molecule has 0 bridgehead atoms. The summed E-state index contributed by atoms with van der Waals surface area (Å²) >= 11 is 0. The van der Waals surface area contributed by atoms with Crippen molar-refractivity contribution in [3.05, 3.63) is 88.3 Å². The van der Waals surface area contributed by atoms with E-state index in [1.54, 1.807) is 6.92 Å². The molecule has 4 aromatic rings. The fourth-order valence-electron chi connectivity index (χ4n) is 3.59. The fourth-order valence-corrected chi connectivity index (χ4v) is 3.59. The lowest BCUT2D eigenvalue weighted by Crippen LogP contribution is -2.42. The van der Waals surface area contributed by atoms with Gasteiger partial charge in [0.1, 0.15) is 6.61 Å². The molecular formula is C24H20N4O4. The van der Waals surface area contributed by atoms with Gasteiger partial charge in [-0.2, -0.15) is 5.10 Å². The monoisotopic (exact) mass is 428 g/mol. The van der Waals surface area contributed by atoms with E-state index in [1.165, 1.54) is 10.9 Å². The number of rotatable bonds is 4. The van der Waals surface area contributed by atoms with Crippen LogP contribution in [0.4, 0.5) is 0 Å². The van der Waals surface area contributed by atoms with Gasteiger partial charge in [-0.15, -0.1) is 0 Å². The molecule has 1 aliphatic heterocycles. The van der Waals surface area contributed by atoms with Gasteiger partial charge in [0.2, 0.25) is 6.10 Å². The standard InChI is InChI=1S/C24H20N4O4/c1-15-19(24(30)28(27-15)18-9-3-2-4-10-18)13-25-26-23(29)22-14-31-20-11-16-7-5-6-8-17(16)12-21(20)32-22/h2-13,22,27H,14H2,1H3,(H,26,29)/b25-13+/t22-/m0/s1. The first-order valence-corrected chi connectivity index (χ1v) is 10.1. The Bertz CT molecular complexity index is 1390. The minimum atomic E-state index is -0.853. The van der Waals surface area contributed by atoms with Gasteiger partial charge in [0, 0.05) is 5.69 Å². The lowest BCUT2D eigenvalue weighted by molar-refractivity contribution is -0.130. The highest BCUT2D eigenvalue weighted by Gasteiger charge is 2.27. The number of hydrogen-bond acceptors (Lipinski definition) is 5. The Kier molecular flexibility index (Phi) is 4.95. The number of hydrazone groups is 1. The molecule has 8 nitrogen and oxygen atoms in total. The summed E-state index contributed by atoms with van der Waals surface area (Å²) in [4.78, 5) is 25.2. The Labute approximate surface area is 183 Å². The molecule has 0 spiro atoms. The average molecular weight is 428 g/mol. The number of fused-ring (bicyclic) bond motifs is 2. The number of H-pyrrole nitrogens is 1. The van der Waals surface area contributed by atoms with Crippen molar-refractivity contribution in [2.45, 2.75) is 13.0 Å². The average Bonchev–Trinajstić information content (AvgIpc) is 3.11. The summed E-state index contributed by atoms with van der Waals surface area (Å²) in [6.07, 6.45) is 0.477. The lowest BCUT2D eigenvalue weighted by Gasteiger charge is -2.25. The van der Waals surface area contributed by atoms with Gasteiger partial charge in [-0.1, -0.05) is 42.5 Å². The second-order valence-electron chi connectivity index (χ2n) is 7.42. The Hall–Kier alpha value is -4.33. The maximum atomic E-state index is 12.7. The molecule has 0 aliphatic carbocycles. The number of hydrogen-bond donors (Lipinski definition) is 2. The van der Waals surface area contributed by atoms with E-state index < -0.39 is 12.0 Å². The predicted molar refractivity (Wildman–Crippen MR) is 121 cm³/mol. The van der Waals surface area contributed by atoms with Crippen molar-refractivity contribution < 1.29 is 14.3 Å². The van der Waals surface area contributed by atoms with E-state index in [0.717, 1.165) is 10.8 Å². The highest BCUT2D eigenvalue weighted by atomic mass is 16.6. The summed E-state index contributed by atoms with van der Waals surface area (Å²) in [5.41, 5.74) is 3.88. The van der Waals surface area contributed by atoms with E-state index in [4.69, 9.17) is 9.47 Å². The molecule has 8 heteroatoms. The zero-order chi connectivity index (χ0) is 22.1. The molecule has 1 aliphatic rings. The van der Waals surface area contributed by atoms with Crippen LogP contribution in [0.5, 0.6) is 11.5 Å². The molecule has 0 unspecified atom stereocenters. The Morgan fingerprint density at radius 1 is 1.09 bits per heavy atom. The van der Waals surface area contributed by atoms with Crippen LogP contribution in [0.1, 0.15) is 11.3 Å². The summed E-state index contributed by atoms with van der Waals surface area (Å²) in [7, 11) is 0. The number of para-hydroxylation sites is 1. The quantitative estimate of drug-likeness (QED) is 0.386. The summed E-state index contributed by atoms with van der Waals surface area (Å²) in [5.74, 6) is 0.642. The van der Waals surface area contributed by atoms with Crippen LogP contribution in [0.25, 0.3) is 16.5 Å². The molecule has 1 amide bonds. The van der Waals surface area contributed by atoms with Crippen molar-refractivity contribution in [1.29, 1.82) is 0 Å². The largest absolute Gasteiger partial charge is 0.485 e. The van der Waals surface area contributed by atoms with Crippen molar-refractivity contribution in [2.75, 3.05) is 6.61 Å². The van der Waals surface area contributed by atoms with E-state index in [0.29, 0.717) is 28.4 Å². The molecule has 160 valence electrons. The van der Waals surface area contributed by atoms with Gasteiger partial charge in [0.15, 0.2) is 11.5 Å². The Morgan fingerprint density at radius 3 is 2.53 bits per heavy atom. The van der Waals surface area contributed by atoms with Gasteiger partial charge in [-0.25, -0.2) is 10.1 Å². The maximum Gasteiger partial charge on any atom is 0.284 e.